The maximum atomic E-state index is 12.4. The number of nitrogens with zero attached hydrogens (tertiary/aromatic N) is 2. The van der Waals surface area contributed by atoms with Crippen LogP contribution in [0.5, 0.6) is 34.5 Å². The topological polar surface area (TPSA) is 266 Å². The largest absolute Gasteiger partial charge is 0.507 e. The van der Waals surface area contributed by atoms with Gasteiger partial charge in [0.25, 0.3) is 0 Å². The molecule has 16 heteroatoms. The molecule has 0 saturated heterocycles. The average molecular weight is 827 g/mol. The molecule has 58 heavy (non-hydrogen) atoms. The number of hydrogen-bond acceptors (Lipinski definition) is 12. The zero-order valence-electron chi connectivity index (χ0n) is 32.3. The molecule has 0 spiro atoms. The van der Waals surface area contributed by atoms with Crippen molar-refractivity contribution in [3.05, 3.63) is 94.0 Å². The number of aryl methyl sites for hydroxylation is 2. The first-order valence-electron chi connectivity index (χ1n) is 17.9. The number of hydrogen-bond donors (Lipinski definition) is 8. The third kappa shape index (κ3) is 7.26. The van der Waals surface area contributed by atoms with Gasteiger partial charge in [-0.1, -0.05) is 39.8 Å². The Bertz CT molecular complexity index is 2760. The Balaban J connectivity index is 1.66. The summed E-state index contributed by atoms with van der Waals surface area (Å²) < 4.78 is 47.1. The summed E-state index contributed by atoms with van der Waals surface area (Å²) >= 11 is 0. The molecular formula is C42H42N4O10S2. The van der Waals surface area contributed by atoms with Gasteiger partial charge in [-0.25, -0.2) is 27.1 Å². The second kappa shape index (κ2) is 14.9. The van der Waals surface area contributed by atoms with Crippen molar-refractivity contribution < 1.29 is 47.5 Å². The first kappa shape index (κ1) is 41.4. The molecular weight excluding hydrogens is 785 g/mol. The first-order chi connectivity index (χ1) is 27.0. The van der Waals surface area contributed by atoms with Crippen LogP contribution >= 0.6 is 0 Å². The van der Waals surface area contributed by atoms with Crippen molar-refractivity contribution in [3.8, 4) is 45.6 Å². The van der Waals surface area contributed by atoms with Crippen LogP contribution in [0.3, 0.4) is 0 Å². The molecule has 0 heterocycles. The van der Waals surface area contributed by atoms with Gasteiger partial charge in [-0.3, -0.25) is 9.98 Å². The SMILES string of the molecule is Cc1cc2c(C(C)C)c(O)c(O)c(C=Nc3ccc(S(N)(=O)=O)cc3)c2c(O)c1-c1c(C)cc2c(C(C)C)c(O)c(O)c(C=Nc3ccc(S(N)(=O)=O)cc3)c2c1O. The minimum atomic E-state index is -3.97. The van der Waals surface area contributed by atoms with E-state index < -0.39 is 43.0 Å². The summed E-state index contributed by atoms with van der Waals surface area (Å²) in [4.78, 5) is 8.50. The quantitative estimate of drug-likeness (QED) is 0.0524. The van der Waals surface area contributed by atoms with Crippen LogP contribution in [0.2, 0.25) is 0 Å². The molecule has 14 nitrogen and oxygen atoms in total. The second-order valence-corrected chi connectivity index (χ2v) is 17.8. The fourth-order valence-electron chi connectivity index (χ4n) is 7.35. The zero-order valence-corrected chi connectivity index (χ0v) is 33.9. The molecule has 0 saturated carbocycles. The molecule has 302 valence electrons. The van der Waals surface area contributed by atoms with Crippen LogP contribution in [-0.2, 0) is 20.0 Å². The van der Waals surface area contributed by atoms with E-state index in [1.807, 2.05) is 0 Å². The Hall–Kier alpha value is -6.20. The number of rotatable bonds is 9. The van der Waals surface area contributed by atoms with Gasteiger partial charge in [0.1, 0.15) is 11.5 Å². The van der Waals surface area contributed by atoms with Gasteiger partial charge in [0.15, 0.2) is 23.0 Å². The summed E-state index contributed by atoms with van der Waals surface area (Å²) in [6, 6.07) is 14.0. The zero-order chi connectivity index (χ0) is 42.8. The van der Waals surface area contributed by atoms with Gasteiger partial charge in [-0.15, -0.1) is 0 Å². The number of phenolic OH excluding ortho intramolecular Hbond substituents is 6. The van der Waals surface area contributed by atoms with Crippen LogP contribution in [0.1, 0.15) is 72.9 Å². The lowest BCUT2D eigenvalue weighted by atomic mass is 9.83. The molecule has 10 N–H and O–H groups in total. The highest BCUT2D eigenvalue weighted by atomic mass is 32.2. The third-order valence-electron chi connectivity index (χ3n) is 10.0. The van der Waals surface area contributed by atoms with Crippen LogP contribution in [0.4, 0.5) is 11.4 Å². The van der Waals surface area contributed by atoms with E-state index in [-0.39, 0.29) is 77.5 Å². The molecule has 0 amide bonds. The molecule has 6 aromatic rings. The van der Waals surface area contributed by atoms with Crippen LogP contribution in [0, 0.1) is 13.8 Å². The van der Waals surface area contributed by atoms with Crippen molar-refractivity contribution >= 4 is 65.4 Å². The van der Waals surface area contributed by atoms with Gasteiger partial charge in [-0.05, 0) is 96.1 Å². The number of benzene rings is 6. The van der Waals surface area contributed by atoms with Crippen LogP contribution < -0.4 is 10.3 Å². The highest BCUT2D eigenvalue weighted by Gasteiger charge is 2.29. The summed E-state index contributed by atoms with van der Waals surface area (Å²) in [5.41, 5.74) is 2.29. The van der Waals surface area contributed by atoms with E-state index in [1.165, 1.54) is 61.0 Å². The smallest absolute Gasteiger partial charge is 0.238 e. The van der Waals surface area contributed by atoms with Crippen molar-refractivity contribution in [2.24, 2.45) is 20.3 Å². The maximum absolute atomic E-state index is 12.4. The second-order valence-electron chi connectivity index (χ2n) is 14.6. The lowest BCUT2D eigenvalue weighted by Crippen LogP contribution is -2.11. The van der Waals surface area contributed by atoms with Crippen molar-refractivity contribution in [2.75, 3.05) is 0 Å². The van der Waals surface area contributed by atoms with Gasteiger partial charge in [0.2, 0.25) is 20.0 Å². The minimum absolute atomic E-state index is 0.0740. The molecule has 0 aliphatic rings. The van der Waals surface area contributed by atoms with Gasteiger partial charge in [0.05, 0.1) is 32.3 Å². The Morgan fingerprint density at radius 3 is 1.10 bits per heavy atom. The molecule has 0 fully saturated rings. The lowest BCUT2D eigenvalue weighted by Gasteiger charge is -2.23. The van der Waals surface area contributed by atoms with Crippen molar-refractivity contribution in [2.45, 2.75) is 63.2 Å². The van der Waals surface area contributed by atoms with E-state index in [0.29, 0.717) is 33.0 Å². The molecule has 0 aliphatic carbocycles. The average Bonchev–Trinajstić information content (AvgIpc) is 3.13. The fraction of sp³-hybridized carbons (Fsp3) is 0.190. The van der Waals surface area contributed by atoms with E-state index in [0.717, 1.165) is 0 Å². The summed E-state index contributed by atoms with van der Waals surface area (Å²) in [6.45, 7) is 10.6. The number of nitrogens with two attached hydrogens (primary N) is 2. The number of phenols is 6. The molecule has 0 atom stereocenters. The Labute approximate surface area is 334 Å². The predicted molar refractivity (Wildman–Crippen MR) is 225 cm³/mol. The number of sulfonamides is 2. The highest BCUT2D eigenvalue weighted by Crippen LogP contribution is 2.54. The van der Waals surface area contributed by atoms with E-state index in [2.05, 4.69) is 9.98 Å². The molecule has 0 radical (unpaired) electrons. The Morgan fingerprint density at radius 2 is 0.828 bits per heavy atom. The Morgan fingerprint density at radius 1 is 0.517 bits per heavy atom. The van der Waals surface area contributed by atoms with Gasteiger partial charge in [-0.2, -0.15) is 0 Å². The standard InChI is InChI=1S/C42H42N4O10S2/c1-19(2)31-27-15-21(5)33(39(49)35(27)29(37(47)41(31)51)17-45-23-7-11-25(12-8-23)57(43,53)54)34-22(6)16-28-32(20(3)4)42(52)38(48)30(36(28)40(34)50)18-46-24-9-13-26(14-10-24)58(44,55)56/h7-20,47-52H,1-6H3,(H2,43,53,54)(H2,44,55,56). The van der Waals surface area contributed by atoms with Gasteiger partial charge < -0.3 is 30.6 Å². The number of fused-ring (bicyclic) bond motifs is 2. The third-order valence-corrected chi connectivity index (χ3v) is 11.9. The van der Waals surface area contributed by atoms with E-state index in [1.54, 1.807) is 53.7 Å². The van der Waals surface area contributed by atoms with Crippen molar-refractivity contribution in [1.29, 1.82) is 0 Å². The van der Waals surface area contributed by atoms with Crippen molar-refractivity contribution in [3.63, 3.8) is 0 Å². The van der Waals surface area contributed by atoms with E-state index >= 15 is 0 Å². The summed E-state index contributed by atoms with van der Waals surface area (Å²) in [6.07, 6.45) is 2.44. The monoisotopic (exact) mass is 826 g/mol. The van der Waals surface area contributed by atoms with Crippen LogP contribution in [0.25, 0.3) is 32.7 Å². The van der Waals surface area contributed by atoms with E-state index in [4.69, 9.17) is 10.3 Å². The molecule has 0 unspecified atom stereocenters. The van der Waals surface area contributed by atoms with E-state index in [9.17, 15) is 47.5 Å². The number of primary sulfonamides is 2. The lowest BCUT2D eigenvalue weighted by molar-refractivity contribution is 0.398. The minimum Gasteiger partial charge on any atom is -0.507 e. The fourth-order valence-corrected chi connectivity index (χ4v) is 8.38. The van der Waals surface area contributed by atoms with Crippen LogP contribution in [-0.4, -0.2) is 59.9 Å². The molecule has 0 aromatic heterocycles. The maximum Gasteiger partial charge on any atom is 0.238 e. The van der Waals surface area contributed by atoms with Crippen LogP contribution in [0.15, 0.2) is 80.4 Å². The highest BCUT2D eigenvalue weighted by molar-refractivity contribution is 7.89. The van der Waals surface area contributed by atoms with Gasteiger partial charge >= 0.3 is 0 Å². The molecule has 0 aliphatic heterocycles. The summed E-state index contributed by atoms with van der Waals surface area (Å²) in [5, 5.41) is 81.6. The molecule has 0 bridgehead atoms. The summed E-state index contributed by atoms with van der Waals surface area (Å²) in [7, 11) is -7.95. The number of aliphatic imine (C=N–C) groups is 2. The van der Waals surface area contributed by atoms with Gasteiger partial charge in [0, 0.05) is 45.5 Å². The van der Waals surface area contributed by atoms with Crippen molar-refractivity contribution in [1.82, 2.24) is 0 Å². The summed E-state index contributed by atoms with van der Waals surface area (Å²) in [5.74, 6) is -3.45. The number of aromatic hydroxyl groups is 6. The first-order valence-corrected chi connectivity index (χ1v) is 21.0. The molecule has 6 rings (SSSR count). The Kier molecular flexibility index (Phi) is 10.7. The normalized spacial score (nSPS) is 12.7. The predicted octanol–water partition coefficient (Wildman–Crippen LogP) is 7.55. The molecule has 6 aromatic carbocycles.